The molecule has 1 aliphatic carbocycles. The van der Waals surface area contributed by atoms with E-state index in [9.17, 15) is 27.6 Å². The summed E-state index contributed by atoms with van der Waals surface area (Å²) in [6.07, 6.45) is 0.250. The first-order valence-electron chi connectivity index (χ1n) is 14.0. The summed E-state index contributed by atoms with van der Waals surface area (Å²) in [5, 5.41) is 9.46. The van der Waals surface area contributed by atoms with Crippen molar-refractivity contribution in [3.8, 4) is 5.69 Å². The Morgan fingerprint density at radius 1 is 1.11 bits per heavy atom. The van der Waals surface area contributed by atoms with Crippen molar-refractivity contribution >= 4 is 40.1 Å². The molecule has 10 nitrogen and oxygen atoms in total. The van der Waals surface area contributed by atoms with E-state index < -0.39 is 41.4 Å². The molecule has 14 heteroatoms. The number of pyridine rings is 1. The zero-order chi connectivity index (χ0) is 31.2. The number of hydrogen-bond acceptors (Lipinski definition) is 6. The molecule has 2 aromatic carbocycles. The van der Waals surface area contributed by atoms with Crippen LogP contribution in [0.3, 0.4) is 0 Å². The highest BCUT2D eigenvalue weighted by atomic mass is 19.4. The molecule has 6 rings (SSSR count). The van der Waals surface area contributed by atoms with Gasteiger partial charge in [-0.2, -0.15) is 18.3 Å². The molecule has 2 aromatic heterocycles. The molecule has 1 atom stereocenters. The number of imide groups is 1. The minimum atomic E-state index is -4.87. The number of halogens is 4. The minimum absolute atomic E-state index is 0.109. The first-order valence-corrected chi connectivity index (χ1v) is 14.0. The Kier molecular flexibility index (Phi) is 7.43. The summed E-state index contributed by atoms with van der Waals surface area (Å²) in [5.74, 6) is -1.59. The number of aromatic nitrogens is 3. The second kappa shape index (κ2) is 11.2. The number of hydrogen-bond donors (Lipinski definition) is 3. The number of amides is 4. The normalized spacial score (nSPS) is 16.2. The average molecular weight is 610 g/mol. The van der Waals surface area contributed by atoms with Gasteiger partial charge in [-0.05, 0) is 60.0 Å². The first kappa shape index (κ1) is 29.1. The third-order valence-electron chi connectivity index (χ3n) is 7.89. The molecule has 4 aromatic rings. The van der Waals surface area contributed by atoms with Crippen molar-refractivity contribution in [2.24, 2.45) is 5.92 Å². The van der Waals surface area contributed by atoms with Crippen molar-refractivity contribution in [2.75, 3.05) is 17.6 Å². The number of fused-ring (bicyclic) bond motifs is 1. The summed E-state index contributed by atoms with van der Waals surface area (Å²) in [5.41, 5.74) is 4.47. The molecule has 2 fully saturated rings. The van der Waals surface area contributed by atoms with Crippen molar-refractivity contribution in [1.29, 1.82) is 0 Å². The summed E-state index contributed by atoms with van der Waals surface area (Å²) in [7, 11) is 0. The Bertz CT molecular complexity index is 1780. The number of nitrogen functional groups attached to an aromatic ring is 1. The maximum Gasteiger partial charge on any atom is 0.435 e. The fourth-order valence-electron chi connectivity index (χ4n) is 5.40. The monoisotopic (exact) mass is 609 g/mol. The lowest BCUT2D eigenvalue weighted by Crippen LogP contribution is -2.50. The van der Waals surface area contributed by atoms with Crippen LogP contribution in [-0.4, -0.2) is 44.1 Å². The number of nitrogens with one attached hydrogen (secondary N) is 2. The Morgan fingerprint density at radius 2 is 1.91 bits per heavy atom. The van der Waals surface area contributed by atoms with E-state index in [1.165, 1.54) is 35.4 Å². The molecule has 4 N–H and O–H groups in total. The predicted octanol–water partition coefficient (Wildman–Crippen LogP) is 5.59. The SMILES string of the molecule is Nc1nccc2ccc(-n3nc(C(F)(F)F)cc3C(=O)Nc3cc(C(CCC4CC4)N4CCC(=O)NC4=O)ccc3F)cc12. The van der Waals surface area contributed by atoms with Gasteiger partial charge in [0.1, 0.15) is 17.3 Å². The van der Waals surface area contributed by atoms with E-state index >= 15 is 4.39 Å². The fourth-order valence-corrected chi connectivity index (χ4v) is 5.40. The zero-order valence-electron chi connectivity index (χ0n) is 23.2. The molecule has 3 heterocycles. The van der Waals surface area contributed by atoms with Crippen molar-refractivity contribution in [1.82, 2.24) is 25.0 Å². The van der Waals surface area contributed by atoms with Crippen LogP contribution in [0.4, 0.5) is 33.9 Å². The molecule has 1 unspecified atom stereocenters. The van der Waals surface area contributed by atoms with Crippen LogP contribution >= 0.6 is 0 Å². The lowest BCUT2D eigenvalue weighted by atomic mass is 9.97. The van der Waals surface area contributed by atoms with Gasteiger partial charge in [0.2, 0.25) is 5.91 Å². The predicted molar refractivity (Wildman–Crippen MR) is 152 cm³/mol. The summed E-state index contributed by atoms with van der Waals surface area (Å²) in [4.78, 5) is 43.4. The Morgan fingerprint density at radius 3 is 2.64 bits per heavy atom. The number of carbonyl (C=O) groups is 3. The second-order valence-corrected chi connectivity index (χ2v) is 11.0. The highest BCUT2D eigenvalue weighted by molar-refractivity contribution is 6.04. The van der Waals surface area contributed by atoms with Gasteiger partial charge in [-0.3, -0.25) is 14.9 Å². The van der Waals surface area contributed by atoms with Gasteiger partial charge in [-0.15, -0.1) is 0 Å². The average Bonchev–Trinajstić information content (AvgIpc) is 3.69. The number of alkyl halides is 3. The molecule has 228 valence electrons. The fraction of sp³-hybridized carbons (Fsp3) is 0.300. The maximum absolute atomic E-state index is 15.1. The van der Waals surface area contributed by atoms with E-state index in [0.29, 0.717) is 34.7 Å². The molecule has 0 bridgehead atoms. The largest absolute Gasteiger partial charge is 0.435 e. The molecule has 2 aliphatic rings. The number of urea groups is 1. The van der Waals surface area contributed by atoms with Crippen LogP contribution in [0.1, 0.15) is 59.9 Å². The quantitative estimate of drug-likeness (QED) is 0.223. The minimum Gasteiger partial charge on any atom is -0.383 e. The van der Waals surface area contributed by atoms with Crippen molar-refractivity contribution in [3.05, 3.63) is 77.5 Å². The van der Waals surface area contributed by atoms with E-state index in [1.807, 2.05) is 0 Å². The standard InChI is InChI=1S/C30H27F4N7O3/c31-21-7-5-18(23(8-3-16-1-2-16)40-12-10-26(42)38-29(40)44)13-22(21)37-28(43)24-15-25(30(32,33)34)39-41(24)19-6-4-17-9-11-36-27(35)20(17)14-19/h4-7,9,11,13-16,23H,1-3,8,10,12H2,(H2,35,36)(H,37,43)(H,38,42,44). The lowest BCUT2D eigenvalue weighted by molar-refractivity contribution is -0.141. The van der Waals surface area contributed by atoms with Crippen LogP contribution in [0.2, 0.25) is 0 Å². The lowest BCUT2D eigenvalue weighted by Gasteiger charge is -2.35. The maximum atomic E-state index is 15.1. The smallest absolute Gasteiger partial charge is 0.383 e. The Hall–Kier alpha value is -5.01. The van der Waals surface area contributed by atoms with Crippen LogP contribution < -0.4 is 16.4 Å². The first-order chi connectivity index (χ1) is 21.0. The molecule has 0 spiro atoms. The number of nitrogens with two attached hydrogens (primary N) is 1. The highest BCUT2D eigenvalue weighted by Crippen LogP contribution is 2.39. The Balaban J connectivity index is 1.34. The second-order valence-electron chi connectivity index (χ2n) is 11.0. The van der Waals surface area contributed by atoms with E-state index in [1.54, 1.807) is 12.1 Å². The van der Waals surface area contributed by atoms with Crippen LogP contribution in [0.15, 0.2) is 54.7 Å². The topological polar surface area (TPSA) is 135 Å². The molecular weight excluding hydrogens is 582 g/mol. The van der Waals surface area contributed by atoms with E-state index in [4.69, 9.17) is 5.73 Å². The van der Waals surface area contributed by atoms with Crippen LogP contribution in [0, 0.1) is 11.7 Å². The molecule has 1 saturated heterocycles. The van der Waals surface area contributed by atoms with Gasteiger partial charge in [-0.25, -0.2) is 18.9 Å². The van der Waals surface area contributed by atoms with Crippen LogP contribution in [0.25, 0.3) is 16.5 Å². The van der Waals surface area contributed by atoms with Gasteiger partial charge in [0.15, 0.2) is 5.69 Å². The number of anilines is 2. The van der Waals surface area contributed by atoms with Gasteiger partial charge in [0.25, 0.3) is 5.91 Å². The molecular formula is C30H27F4N7O3. The summed E-state index contributed by atoms with van der Waals surface area (Å²) in [6, 6.07) is 9.70. The van der Waals surface area contributed by atoms with E-state index in [0.717, 1.165) is 30.0 Å². The van der Waals surface area contributed by atoms with E-state index in [-0.39, 0.29) is 36.1 Å². The third kappa shape index (κ3) is 5.92. The van der Waals surface area contributed by atoms with E-state index in [2.05, 4.69) is 20.7 Å². The number of rotatable bonds is 8. The van der Waals surface area contributed by atoms with Crippen LogP contribution in [-0.2, 0) is 11.0 Å². The third-order valence-corrected chi connectivity index (χ3v) is 7.89. The van der Waals surface area contributed by atoms with Gasteiger partial charge in [0, 0.05) is 30.6 Å². The van der Waals surface area contributed by atoms with Crippen molar-refractivity contribution in [2.45, 2.75) is 44.3 Å². The van der Waals surface area contributed by atoms with Gasteiger partial charge in [-0.1, -0.05) is 25.0 Å². The highest BCUT2D eigenvalue weighted by Gasteiger charge is 2.37. The molecule has 4 amide bonds. The Labute approximate surface area is 248 Å². The summed E-state index contributed by atoms with van der Waals surface area (Å²) in [6.45, 7) is 0.171. The van der Waals surface area contributed by atoms with Gasteiger partial charge in [0.05, 0.1) is 17.4 Å². The molecule has 1 saturated carbocycles. The van der Waals surface area contributed by atoms with Crippen molar-refractivity contribution < 1.29 is 31.9 Å². The van der Waals surface area contributed by atoms with Crippen molar-refractivity contribution in [3.63, 3.8) is 0 Å². The number of carbonyl (C=O) groups excluding carboxylic acids is 3. The van der Waals surface area contributed by atoms with Crippen LogP contribution in [0.5, 0.6) is 0 Å². The molecule has 44 heavy (non-hydrogen) atoms. The summed E-state index contributed by atoms with van der Waals surface area (Å²) < 4.78 is 57.0. The molecule has 1 aliphatic heterocycles. The van der Waals surface area contributed by atoms with Gasteiger partial charge < -0.3 is 16.0 Å². The number of nitrogens with zero attached hydrogens (tertiary/aromatic N) is 4. The summed E-state index contributed by atoms with van der Waals surface area (Å²) >= 11 is 0. The zero-order valence-corrected chi connectivity index (χ0v) is 23.2. The molecule has 0 radical (unpaired) electrons. The van der Waals surface area contributed by atoms with Gasteiger partial charge >= 0.3 is 12.2 Å². The number of benzene rings is 2.